The molecule has 2 N–H and O–H groups in total. The van der Waals surface area contributed by atoms with Gasteiger partial charge in [0.05, 0.1) is 17.7 Å². The van der Waals surface area contributed by atoms with Crippen molar-refractivity contribution in [3.63, 3.8) is 0 Å². The molecular weight excluding hydrogens is 331 g/mol. The lowest BCUT2D eigenvalue weighted by Gasteiger charge is -2.03. The number of hydrogen-bond acceptors (Lipinski definition) is 5. The van der Waals surface area contributed by atoms with E-state index in [0.29, 0.717) is 27.1 Å². The maximum absolute atomic E-state index is 12.9. The predicted molar refractivity (Wildman–Crippen MR) is 91.9 cm³/mol. The number of carbonyl (C=O) groups is 1. The van der Waals surface area contributed by atoms with Gasteiger partial charge in [-0.05, 0) is 59.8 Å². The van der Waals surface area contributed by atoms with Crippen molar-refractivity contribution in [2.75, 3.05) is 7.11 Å². The van der Waals surface area contributed by atoms with Crippen LogP contribution in [0.15, 0.2) is 52.4 Å². The van der Waals surface area contributed by atoms with E-state index >= 15 is 0 Å². The van der Waals surface area contributed by atoms with E-state index in [0.717, 1.165) is 0 Å². The van der Waals surface area contributed by atoms with E-state index < -0.39 is 0 Å². The van der Waals surface area contributed by atoms with Gasteiger partial charge in [0, 0.05) is 0 Å². The molecule has 0 bridgehead atoms. The minimum absolute atomic E-state index is 0.0294. The molecule has 1 aliphatic rings. The van der Waals surface area contributed by atoms with E-state index in [2.05, 4.69) is 10.3 Å². The molecule has 0 aliphatic carbocycles. The molecule has 5 nitrogen and oxygen atoms in total. The van der Waals surface area contributed by atoms with E-state index in [4.69, 9.17) is 4.74 Å². The van der Waals surface area contributed by atoms with Gasteiger partial charge in [-0.2, -0.15) is 0 Å². The minimum Gasteiger partial charge on any atom is -0.504 e. The Bertz CT molecular complexity index is 847. The molecule has 0 spiro atoms. The number of hydrogen-bond donors (Lipinski definition) is 2. The van der Waals surface area contributed by atoms with E-state index in [9.17, 15) is 14.3 Å². The van der Waals surface area contributed by atoms with E-state index in [-0.39, 0.29) is 17.5 Å². The zero-order valence-corrected chi connectivity index (χ0v) is 13.4. The highest BCUT2D eigenvalue weighted by Crippen LogP contribution is 2.31. The van der Waals surface area contributed by atoms with Crippen LogP contribution in [0.2, 0.25) is 0 Å². The molecule has 0 saturated carbocycles. The topological polar surface area (TPSA) is 70.9 Å². The fourth-order valence-corrected chi connectivity index (χ4v) is 2.89. The number of phenols is 1. The van der Waals surface area contributed by atoms with E-state index in [1.807, 2.05) is 0 Å². The Morgan fingerprint density at radius 2 is 2.00 bits per heavy atom. The molecule has 7 heteroatoms. The number of aromatic hydroxyl groups is 1. The Morgan fingerprint density at radius 3 is 2.71 bits per heavy atom. The highest BCUT2D eigenvalue weighted by atomic mass is 32.2. The zero-order chi connectivity index (χ0) is 17.1. The number of ether oxygens (including phenoxy) is 1. The molecule has 122 valence electrons. The predicted octanol–water partition coefficient (Wildman–Crippen LogP) is 3.43. The number of benzene rings is 2. The summed E-state index contributed by atoms with van der Waals surface area (Å²) in [6.45, 7) is 0. The number of aliphatic imine (C=N–C) groups is 1. The summed E-state index contributed by atoms with van der Waals surface area (Å²) >= 11 is 1.18. The number of nitrogens with zero attached hydrogens (tertiary/aromatic N) is 1. The van der Waals surface area contributed by atoms with Crippen LogP contribution >= 0.6 is 11.8 Å². The molecule has 1 saturated heterocycles. The summed E-state index contributed by atoms with van der Waals surface area (Å²) in [5.41, 5.74) is 1.26. The van der Waals surface area contributed by atoms with Crippen LogP contribution in [0.25, 0.3) is 6.08 Å². The molecule has 1 aliphatic heterocycles. The van der Waals surface area contributed by atoms with Crippen LogP contribution in [-0.2, 0) is 4.79 Å². The van der Waals surface area contributed by atoms with Gasteiger partial charge in [-0.1, -0.05) is 6.07 Å². The fraction of sp³-hybridized carbons (Fsp3) is 0.0588. The molecule has 0 radical (unpaired) electrons. The first kappa shape index (κ1) is 16.1. The molecular formula is C17H13FN2O3S. The van der Waals surface area contributed by atoms with Gasteiger partial charge in [-0.15, -0.1) is 0 Å². The largest absolute Gasteiger partial charge is 0.504 e. The number of phenolic OH excluding ortho intramolecular Hbond substituents is 1. The molecule has 1 heterocycles. The minimum atomic E-state index is -0.344. The second-order valence-electron chi connectivity index (χ2n) is 4.89. The number of carbonyl (C=O) groups excluding carboxylic acids is 1. The van der Waals surface area contributed by atoms with E-state index in [1.165, 1.54) is 49.2 Å². The maximum Gasteiger partial charge on any atom is 0.264 e. The third-order valence-corrected chi connectivity index (χ3v) is 4.12. The monoisotopic (exact) mass is 344 g/mol. The molecule has 2 aromatic carbocycles. The highest BCUT2D eigenvalue weighted by molar-refractivity contribution is 8.18. The lowest BCUT2D eigenvalue weighted by Crippen LogP contribution is -2.19. The van der Waals surface area contributed by atoms with Crippen LogP contribution in [0.5, 0.6) is 11.5 Å². The van der Waals surface area contributed by atoms with E-state index in [1.54, 1.807) is 18.2 Å². The SMILES string of the molecule is COc1cc(C=C2SC(=Nc3ccc(F)cc3)NC2=O)ccc1O. The lowest BCUT2D eigenvalue weighted by atomic mass is 10.2. The summed E-state index contributed by atoms with van der Waals surface area (Å²) in [5, 5.41) is 12.7. The Labute approximate surface area is 141 Å². The third-order valence-electron chi connectivity index (χ3n) is 3.21. The highest BCUT2D eigenvalue weighted by Gasteiger charge is 2.23. The molecule has 0 unspecified atom stereocenters. The molecule has 1 fully saturated rings. The normalized spacial score (nSPS) is 17.3. The summed E-state index contributed by atoms with van der Waals surface area (Å²) in [5.74, 6) is -0.258. The van der Waals surface area contributed by atoms with Crippen molar-refractivity contribution in [1.82, 2.24) is 5.32 Å². The second-order valence-corrected chi connectivity index (χ2v) is 5.92. The molecule has 1 amide bonds. The van der Waals surface area contributed by atoms with Gasteiger partial charge in [-0.25, -0.2) is 9.38 Å². The van der Waals surface area contributed by atoms with Crippen LogP contribution in [-0.4, -0.2) is 23.3 Å². The smallest absolute Gasteiger partial charge is 0.264 e. The lowest BCUT2D eigenvalue weighted by molar-refractivity contribution is -0.115. The van der Waals surface area contributed by atoms with Gasteiger partial charge in [0.15, 0.2) is 16.7 Å². The van der Waals surface area contributed by atoms with Crippen LogP contribution < -0.4 is 10.1 Å². The number of thioether (sulfide) groups is 1. The van der Waals surface area contributed by atoms with Crippen molar-refractivity contribution >= 4 is 34.6 Å². The summed E-state index contributed by atoms with van der Waals surface area (Å²) in [6, 6.07) is 10.5. The van der Waals surface area contributed by atoms with Crippen molar-refractivity contribution in [2.24, 2.45) is 4.99 Å². The van der Waals surface area contributed by atoms with Gasteiger partial charge in [-0.3, -0.25) is 4.79 Å². The molecule has 0 atom stereocenters. The molecule has 24 heavy (non-hydrogen) atoms. The van der Waals surface area contributed by atoms with Crippen molar-refractivity contribution < 1.29 is 19.0 Å². The summed E-state index contributed by atoms with van der Waals surface area (Å²) in [7, 11) is 1.45. The van der Waals surface area contributed by atoms with Gasteiger partial charge < -0.3 is 15.2 Å². The van der Waals surface area contributed by atoms with Gasteiger partial charge >= 0.3 is 0 Å². The number of methoxy groups -OCH3 is 1. The standard InChI is InChI=1S/C17H13FN2O3S/c1-23-14-8-10(2-7-13(14)21)9-15-16(22)20-17(24-15)19-12-5-3-11(18)4-6-12/h2-9,21H,1H3,(H,19,20,22). The van der Waals surface area contributed by atoms with Crippen LogP contribution in [0.1, 0.15) is 5.56 Å². The second kappa shape index (κ2) is 6.76. The Balaban J connectivity index is 1.83. The summed E-state index contributed by atoms with van der Waals surface area (Å²) < 4.78 is 17.9. The molecule has 3 rings (SSSR count). The Hall–Kier alpha value is -2.80. The van der Waals surface area contributed by atoms with Crippen molar-refractivity contribution in [3.8, 4) is 11.5 Å². The number of amidine groups is 1. The number of halogens is 1. The summed E-state index contributed by atoms with van der Waals surface area (Å²) in [6.07, 6.45) is 1.68. The van der Waals surface area contributed by atoms with Gasteiger partial charge in [0.2, 0.25) is 0 Å². The first-order valence-corrected chi connectivity index (χ1v) is 7.79. The van der Waals surface area contributed by atoms with Crippen molar-refractivity contribution in [2.45, 2.75) is 0 Å². The van der Waals surface area contributed by atoms with Crippen LogP contribution in [0, 0.1) is 5.82 Å². The van der Waals surface area contributed by atoms with Crippen molar-refractivity contribution in [3.05, 3.63) is 58.8 Å². The zero-order valence-electron chi connectivity index (χ0n) is 12.6. The Kier molecular flexibility index (Phi) is 4.52. The molecule has 2 aromatic rings. The van der Waals surface area contributed by atoms with Crippen molar-refractivity contribution in [1.29, 1.82) is 0 Å². The maximum atomic E-state index is 12.9. The summed E-state index contributed by atoms with van der Waals surface area (Å²) in [4.78, 5) is 16.8. The van der Waals surface area contributed by atoms with Gasteiger partial charge in [0.1, 0.15) is 5.82 Å². The first-order valence-electron chi connectivity index (χ1n) is 6.97. The first-order chi connectivity index (χ1) is 11.5. The fourth-order valence-electron chi connectivity index (χ4n) is 2.05. The average molecular weight is 344 g/mol. The third kappa shape index (κ3) is 3.57. The van der Waals surface area contributed by atoms with Gasteiger partial charge in [0.25, 0.3) is 5.91 Å². The number of rotatable bonds is 3. The number of nitrogens with one attached hydrogen (secondary N) is 1. The molecule has 0 aromatic heterocycles. The number of amides is 1. The van der Waals surface area contributed by atoms with Crippen LogP contribution in [0.3, 0.4) is 0 Å². The average Bonchev–Trinajstić information content (AvgIpc) is 2.91. The van der Waals surface area contributed by atoms with Crippen LogP contribution in [0.4, 0.5) is 10.1 Å². The Morgan fingerprint density at radius 1 is 1.25 bits per heavy atom. The quantitative estimate of drug-likeness (QED) is 0.837.